The lowest BCUT2D eigenvalue weighted by molar-refractivity contribution is -0.151. The third kappa shape index (κ3) is 4.06. The number of carbonyl (C=O) groups is 2. The Hall–Kier alpha value is -1.15. The first-order valence-corrected chi connectivity index (χ1v) is 11.0. The number of nitrogens with zero attached hydrogens (tertiary/aromatic N) is 1. The van der Waals surface area contributed by atoms with Crippen LogP contribution >= 0.6 is 0 Å². The predicted octanol–water partition coefficient (Wildman–Crippen LogP) is 1.71. The molecule has 1 N–H and O–H groups in total. The molecule has 0 aromatic rings. The van der Waals surface area contributed by atoms with Gasteiger partial charge in [0.25, 0.3) is 0 Å². The summed E-state index contributed by atoms with van der Waals surface area (Å²) in [7, 11) is -2.17. The van der Waals surface area contributed by atoms with E-state index < -0.39 is 37.6 Å². The minimum atomic E-state index is -3.60. The van der Waals surface area contributed by atoms with Gasteiger partial charge < -0.3 is 14.7 Å². The fourth-order valence-corrected chi connectivity index (χ4v) is 6.87. The lowest BCUT2D eigenvalue weighted by atomic mass is 9.88. The van der Waals surface area contributed by atoms with E-state index in [2.05, 4.69) is 0 Å². The topological polar surface area (TPSA) is 101 Å². The fraction of sp³-hybridized carbons (Fsp3) is 0.889. The maximum atomic E-state index is 13.2. The summed E-state index contributed by atoms with van der Waals surface area (Å²) in [5.41, 5.74) is -1.15. The molecule has 1 saturated heterocycles. The number of carboxylic acid groups (broad SMARTS) is 1. The van der Waals surface area contributed by atoms with Crippen molar-refractivity contribution in [2.75, 3.05) is 26.8 Å². The summed E-state index contributed by atoms with van der Waals surface area (Å²) < 4.78 is 31.4. The van der Waals surface area contributed by atoms with Gasteiger partial charge in [0.05, 0.1) is 11.9 Å². The molecule has 2 aliphatic rings. The summed E-state index contributed by atoms with van der Waals surface area (Å²) in [6.07, 6.45) is 4.29. The third-order valence-electron chi connectivity index (χ3n) is 5.76. The number of ether oxygens (including phenoxy) is 1. The van der Waals surface area contributed by atoms with Crippen molar-refractivity contribution in [2.24, 2.45) is 11.3 Å². The molecule has 2 rings (SSSR count). The number of sulfone groups is 1. The van der Waals surface area contributed by atoms with Crippen molar-refractivity contribution < 1.29 is 27.9 Å². The van der Waals surface area contributed by atoms with Crippen LogP contribution in [0.4, 0.5) is 0 Å². The summed E-state index contributed by atoms with van der Waals surface area (Å²) >= 11 is 0. The number of amides is 1. The third-order valence-corrected chi connectivity index (χ3v) is 8.61. The van der Waals surface area contributed by atoms with Gasteiger partial charge in [-0.25, -0.2) is 8.42 Å². The zero-order chi connectivity index (χ0) is 19.5. The first-order chi connectivity index (χ1) is 12.2. The molecule has 0 aromatic heterocycles. The number of likely N-dealkylation sites (tertiary alicyclic amines) is 1. The van der Waals surface area contributed by atoms with E-state index in [9.17, 15) is 23.1 Å². The van der Waals surface area contributed by atoms with Crippen LogP contribution in [-0.4, -0.2) is 67.6 Å². The van der Waals surface area contributed by atoms with E-state index in [0.717, 1.165) is 19.3 Å². The van der Waals surface area contributed by atoms with Gasteiger partial charge in [0, 0.05) is 20.2 Å². The number of carbonyl (C=O) groups excluding carboxylic acids is 1. The second-order valence-electron chi connectivity index (χ2n) is 8.04. The monoisotopic (exact) mass is 389 g/mol. The number of hydrogen-bond acceptors (Lipinski definition) is 5. The van der Waals surface area contributed by atoms with Crippen molar-refractivity contribution in [3.8, 4) is 0 Å². The predicted molar refractivity (Wildman–Crippen MR) is 97.6 cm³/mol. The lowest BCUT2D eigenvalue weighted by Gasteiger charge is -2.31. The second-order valence-corrected chi connectivity index (χ2v) is 10.4. The number of rotatable bonds is 7. The fourth-order valence-electron chi connectivity index (χ4n) is 4.28. The molecular weight excluding hydrogens is 358 g/mol. The van der Waals surface area contributed by atoms with Crippen molar-refractivity contribution in [3.05, 3.63) is 0 Å². The van der Waals surface area contributed by atoms with Crippen LogP contribution < -0.4 is 0 Å². The Kier molecular flexibility index (Phi) is 6.71. The molecule has 0 spiro atoms. The summed E-state index contributed by atoms with van der Waals surface area (Å²) in [4.78, 5) is 26.2. The summed E-state index contributed by atoms with van der Waals surface area (Å²) in [6.45, 7) is 3.75. The first-order valence-electron chi connectivity index (χ1n) is 9.39. The Bertz CT molecular complexity index is 626. The van der Waals surface area contributed by atoms with Gasteiger partial charge in [-0.05, 0) is 25.2 Å². The van der Waals surface area contributed by atoms with E-state index in [4.69, 9.17) is 4.74 Å². The van der Waals surface area contributed by atoms with Gasteiger partial charge in [0.15, 0.2) is 9.84 Å². The molecule has 0 aromatic carbocycles. The molecule has 2 atom stereocenters. The summed E-state index contributed by atoms with van der Waals surface area (Å²) in [6, 6.07) is 0. The molecule has 0 bridgehead atoms. The average Bonchev–Trinajstić information content (AvgIpc) is 3.01. The van der Waals surface area contributed by atoms with Gasteiger partial charge in [-0.3, -0.25) is 9.59 Å². The lowest BCUT2D eigenvalue weighted by Crippen LogP contribution is -2.49. The van der Waals surface area contributed by atoms with Crippen LogP contribution in [0.15, 0.2) is 0 Å². The molecule has 2 fully saturated rings. The maximum absolute atomic E-state index is 13.2. The summed E-state index contributed by atoms with van der Waals surface area (Å²) in [5, 5.41) is 8.01. The molecule has 1 heterocycles. The quantitative estimate of drug-likeness (QED) is 0.711. The van der Waals surface area contributed by atoms with Crippen molar-refractivity contribution in [2.45, 2.75) is 62.9 Å². The van der Waals surface area contributed by atoms with Crippen molar-refractivity contribution in [1.82, 2.24) is 4.90 Å². The Labute approximate surface area is 156 Å². The first kappa shape index (κ1) is 21.2. The minimum Gasteiger partial charge on any atom is -0.481 e. The molecule has 8 heteroatoms. The van der Waals surface area contributed by atoms with Gasteiger partial charge in [-0.2, -0.15) is 0 Å². The minimum absolute atomic E-state index is 0.00157. The van der Waals surface area contributed by atoms with E-state index >= 15 is 0 Å². The van der Waals surface area contributed by atoms with Crippen molar-refractivity contribution in [3.63, 3.8) is 0 Å². The SMILES string of the molecule is COCC1(C(=O)O)CCN(C(=O)C(C(C)C)S(=O)(=O)C2CCCCC2)C1. The van der Waals surface area contributed by atoms with E-state index in [1.54, 1.807) is 13.8 Å². The largest absolute Gasteiger partial charge is 0.481 e. The van der Waals surface area contributed by atoms with Crippen LogP contribution in [0.5, 0.6) is 0 Å². The Balaban J connectivity index is 2.23. The zero-order valence-electron chi connectivity index (χ0n) is 15.9. The van der Waals surface area contributed by atoms with E-state index in [-0.39, 0.29) is 32.0 Å². The van der Waals surface area contributed by atoms with E-state index in [1.165, 1.54) is 12.0 Å². The summed E-state index contributed by atoms with van der Waals surface area (Å²) in [5.74, 6) is -1.81. The van der Waals surface area contributed by atoms with E-state index in [1.807, 2.05) is 0 Å². The Morgan fingerprint density at radius 3 is 2.35 bits per heavy atom. The van der Waals surface area contributed by atoms with Gasteiger partial charge >= 0.3 is 5.97 Å². The normalized spacial score (nSPS) is 26.2. The van der Waals surface area contributed by atoms with Crippen LogP contribution in [0.25, 0.3) is 0 Å². The number of carboxylic acids is 1. The molecule has 150 valence electrons. The van der Waals surface area contributed by atoms with Gasteiger partial charge in [0.2, 0.25) is 5.91 Å². The Morgan fingerprint density at radius 2 is 1.85 bits per heavy atom. The molecule has 1 aliphatic carbocycles. The van der Waals surface area contributed by atoms with Crippen LogP contribution in [0.3, 0.4) is 0 Å². The molecule has 7 nitrogen and oxygen atoms in total. The number of hydrogen-bond donors (Lipinski definition) is 1. The Morgan fingerprint density at radius 1 is 1.23 bits per heavy atom. The molecule has 1 aliphatic heterocycles. The van der Waals surface area contributed by atoms with Gasteiger partial charge in [-0.15, -0.1) is 0 Å². The highest BCUT2D eigenvalue weighted by atomic mass is 32.2. The van der Waals surface area contributed by atoms with Crippen molar-refractivity contribution >= 4 is 21.7 Å². The average molecular weight is 390 g/mol. The highest BCUT2D eigenvalue weighted by Gasteiger charge is 2.50. The van der Waals surface area contributed by atoms with Gasteiger partial charge in [-0.1, -0.05) is 33.1 Å². The molecular formula is C18H31NO6S. The molecule has 0 radical (unpaired) electrons. The molecule has 26 heavy (non-hydrogen) atoms. The maximum Gasteiger partial charge on any atom is 0.313 e. The zero-order valence-corrected chi connectivity index (χ0v) is 16.8. The van der Waals surface area contributed by atoms with Crippen LogP contribution in [0.1, 0.15) is 52.4 Å². The van der Waals surface area contributed by atoms with Gasteiger partial charge in [0.1, 0.15) is 10.7 Å². The van der Waals surface area contributed by atoms with Crippen LogP contribution in [0, 0.1) is 11.3 Å². The standard InChI is InChI=1S/C18H31NO6S/c1-13(2)15(26(23,24)14-7-5-4-6-8-14)16(20)19-10-9-18(11-19,12-25-3)17(21)22/h13-15H,4-12H2,1-3H3,(H,21,22). The number of aliphatic carboxylic acids is 1. The van der Waals surface area contributed by atoms with Crippen LogP contribution in [0.2, 0.25) is 0 Å². The highest BCUT2D eigenvalue weighted by Crippen LogP contribution is 2.35. The molecule has 1 saturated carbocycles. The van der Waals surface area contributed by atoms with E-state index in [0.29, 0.717) is 12.8 Å². The second kappa shape index (κ2) is 8.25. The molecule has 2 unspecified atom stereocenters. The number of methoxy groups -OCH3 is 1. The van der Waals surface area contributed by atoms with Crippen molar-refractivity contribution in [1.29, 1.82) is 0 Å². The highest BCUT2D eigenvalue weighted by molar-refractivity contribution is 7.93. The van der Waals surface area contributed by atoms with Crippen LogP contribution in [-0.2, 0) is 24.2 Å². The molecule has 1 amide bonds. The smallest absolute Gasteiger partial charge is 0.313 e.